The minimum Gasteiger partial charge on any atom is -0.493 e. The van der Waals surface area contributed by atoms with Crippen molar-refractivity contribution in [2.24, 2.45) is 5.41 Å². The topological polar surface area (TPSA) is 76.9 Å². The van der Waals surface area contributed by atoms with Gasteiger partial charge in [-0.3, -0.25) is 14.3 Å². The van der Waals surface area contributed by atoms with Gasteiger partial charge in [0.15, 0.2) is 0 Å². The SMILES string of the molecule is Cc1cc(C)n(CC(=O)N2CCC(COc3cccc(Cl)c3)(CC(=O)N3CCOCC3)CC2)n1. The van der Waals surface area contributed by atoms with Gasteiger partial charge in [0.2, 0.25) is 11.8 Å². The van der Waals surface area contributed by atoms with Gasteiger partial charge in [-0.15, -0.1) is 0 Å². The molecule has 2 fully saturated rings. The standard InChI is InChI=1S/C25H33ClN4O4/c1-19-14-20(2)30(27-19)17-24(32)28-8-6-25(7-9-28,16-23(31)29-10-12-33-13-11-29)18-34-22-5-3-4-21(26)15-22/h3-5,14-15H,6-13,16-18H2,1-2H3. The number of morpholine rings is 1. The number of amides is 2. The normalized spacial score (nSPS) is 18.1. The number of rotatable bonds is 7. The van der Waals surface area contributed by atoms with Crippen molar-refractivity contribution in [3.63, 3.8) is 0 Å². The number of aromatic nitrogens is 2. The molecular formula is C25H33ClN4O4. The van der Waals surface area contributed by atoms with Crippen molar-refractivity contribution in [3.05, 3.63) is 46.7 Å². The summed E-state index contributed by atoms with van der Waals surface area (Å²) in [5.74, 6) is 0.865. The molecule has 2 saturated heterocycles. The van der Waals surface area contributed by atoms with E-state index in [2.05, 4.69) is 5.10 Å². The zero-order valence-electron chi connectivity index (χ0n) is 20.0. The molecule has 0 radical (unpaired) electrons. The van der Waals surface area contributed by atoms with E-state index in [1.807, 2.05) is 41.8 Å². The summed E-state index contributed by atoms with van der Waals surface area (Å²) in [7, 11) is 0. The zero-order chi connectivity index (χ0) is 24.1. The Morgan fingerprint density at radius 2 is 1.76 bits per heavy atom. The largest absolute Gasteiger partial charge is 0.493 e. The molecule has 2 aromatic rings. The third-order valence-electron chi connectivity index (χ3n) is 6.80. The first kappa shape index (κ1) is 24.5. The van der Waals surface area contributed by atoms with Gasteiger partial charge in [0.05, 0.1) is 25.5 Å². The first-order valence-electron chi connectivity index (χ1n) is 11.9. The predicted octanol–water partition coefficient (Wildman–Crippen LogP) is 3.09. The molecule has 1 aromatic carbocycles. The fourth-order valence-corrected chi connectivity index (χ4v) is 4.88. The van der Waals surface area contributed by atoms with Crippen LogP contribution in [0.25, 0.3) is 0 Å². The summed E-state index contributed by atoms with van der Waals surface area (Å²) in [5, 5.41) is 5.02. The summed E-state index contributed by atoms with van der Waals surface area (Å²) in [4.78, 5) is 29.9. The number of likely N-dealkylation sites (tertiary alicyclic amines) is 1. The minimum atomic E-state index is -0.341. The smallest absolute Gasteiger partial charge is 0.244 e. The molecule has 8 nitrogen and oxygen atoms in total. The van der Waals surface area contributed by atoms with Crippen molar-refractivity contribution in [1.29, 1.82) is 0 Å². The first-order chi connectivity index (χ1) is 16.3. The molecule has 0 saturated carbocycles. The van der Waals surface area contributed by atoms with Gasteiger partial charge in [-0.1, -0.05) is 17.7 Å². The van der Waals surface area contributed by atoms with Gasteiger partial charge in [-0.2, -0.15) is 5.10 Å². The molecule has 3 heterocycles. The monoisotopic (exact) mass is 488 g/mol. The Kier molecular flexibility index (Phi) is 7.78. The summed E-state index contributed by atoms with van der Waals surface area (Å²) < 4.78 is 13.3. The summed E-state index contributed by atoms with van der Waals surface area (Å²) in [5.41, 5.74) is 1.54. The van der Waals surface area contributed by atoms with Crippen LogP contribution >= 0.6 is 11.6 Å². The van der Waals surface area contributed by atoms with E-state index in [-0.39, 0.29) is 23.8 Å². The number of benzene rings is 1. The first-order valence-corrected chi connectivity index (χ1v) is 12.2. The van der Waals surface area contributed by atoms with Crippen molar-refractivity contribution >= 4 is 23.4 Å². The molecule has 0 aliphatic carbocycles. The molecule has 2 aliphatic heterocycles. The average Bonchev–Trinajstić information content (AvgIpc) is 3.15. The Morgan fingerprint density at radius 1 is 1.06 bits per heavy atom. The van der Waals surface area contributed by atoms with Crippen molar-refractivity contribution in [2.75, 3.05) is 46.0 Å². The third-order valence-corrected chi connectivity index (χ3v) is 7.03. The fourth-order valence-electron chi connectivity index (χ4n) is 4.70. The van der Waals surface area contributed by atoms with Gasteiger partial charge in [-0.05, 0) is 51.0 Å². The second-order valence-electron chi connectivity index (χ2n) is 9.38. The number of hydrogen-bond acceptors (Lipinski definition) is 5. The van der Waals surface area contributed by atoms with Crippen LogP contribution in [0.5, 0.6) is 5.75 Å². The summed E-state index contributed by atoms with van der Waals surface area (Å²) in [6, 6.07) is 9.28. The number of carbonyl (C=O) groups excluding carboxylic acids is 2. The lowest BCUT2D eigenvalue weighted by molar-refractivity contribution is -0.141. The highest BCUT2D eigenvalue weighted by atomic mass is 35.5. The van der Waals surface area contributed by atoms with Crippen LogP contribution < -0.4 is 4.74 Å². The van der Waals surface area contributed by atoms with Gasteiger partial charge in [0.25, 0.3) is 0 Å². The molecule has 0 unspecified atom stereocenters. The Balaban J connectivity index is 1.42. The van der Waals surface area contributed by atoms with Crippen LogP contribution in [0, 0.1) is 19.3 Å². The third kappa shape index (κ3) is 6.10. The van der Waals surface area contributed by atoms with Gasteiger partial charge in [0.1, 0.15) is 12.3 Å². The maximum Gasteiger partial charge on any atom is 0.244 e. The van der Waals surface area contributed by atoms with E-state index in [0.29, 0.717) is 76.0 Å². The summed E-state index contributed by atoms with van der Waals surface area (Å²) in [6.07, 6.45) is 1.80. The van der Waals surface area contributed by atoms with Crippen LogP contribution in [0.1, 0.15) is 30.7 Å². The number of aryl methyl sites for hydroxylation is 2. The number of carbonyl (C=O) groups is 2. The molecule has 0 spiro atoms. The van der Waals surface area contributed by atoms with Gasteiger partial charge in [0, 0.05) is 48.7 Å². The van der Waals surface area contributed by atoms with Crippen LogP contribution in [0.3, 0.4) is 0 Å². The molecular weight excluding hydrogens is 456 g/mol. The summed E-state index contributed by atoms with van der Waals surface area (Å²) >= 11 is 6.12. The van der Waals surface area contributed by atoms with Gasteiger partial charge < -0.3 is 19.3 Å². The number of halogens is 1. The molecule has 0 bridgehead atoms. The molecule has 1 aromatic heterocycles. The van der Waals surface area contributed by atoms with Gasteiger partial charge >= 0.3 is 0 Å². The highest BCUT2D eigenvalue weighted by molar-refractivity contribution is 6.30. The number of piperidine rings is 1. The Labute approximate surface area is 205 Å². The maximum atomic E-state index is 13.1. The maximum absolute atomic E-state index is 13.1. The van der Waals surface area contributed by atoms with Crippen molar-refractivity contribution in [1.82, 2.24) is 19.6 Å². The number of ether oxygens (including phenoxy) is 2. The Bertz CT molecular complexity index is 1010. The van der Waals surface area contributed by atoms with Crippen LogP contribution in [0.2, 0.25) is 5.02 Å². The molecule has 34 heavy (non-hydrogen) atoms. The lowest BCUT2D eigenvalue weighted by Crippen LogP contribution is -2.49. The number of nitrogens with zero attached hydrogens (tertiary/aromatic N) is 4. The van der Waals surface area contributed by atoms with Gasteiger partial charge in [-0.25, -0.2) is 0 Å². The van der Waals surface area contributed by atoms with E-state index in [0.717, 1.165) is 11.4 Å². The minimum absolute atomic E-state index is 0.0510. The molecule has 0 N–H and O–H groups in total. The van der Waals surface area contributed by atoms with Crippen LogP contribution in [-0.2, 0) is 20.9 Å². The average molecular weight is 489 g/mol. The lowest BCUT2D eigenvalue weighted by Gasteiger charge is -2.42. The molecule has 184 valence electrons. The molecule has 4 rings (SSSR count). The van der Waals surface area contributed by atoms with Crippen LogP contribution in [0.15, 0.2) is 30.3 Å². The quantitative estimate of drug-likeness (QED) is 0.598. The van der Waals surface area contributed by atoms with Crippen molar-refractivity contribution in [3.8, 4) is 5.75 Å². The predicted molar refractivity (Wildman–Crippen MR) is 129 cm³/mol. The van der Waals surface area contributed by atoms with E-state index >= 15 is 0 Å². The van der Waals surface area contributed by atoms with E-state index in [1.165, 1.54) is 0 Å². The summed E-state index contributed by atoms with van der Waals surface area (Å²) in [6.45, 7) is 8.10. The highest BCUT2D eigenvalue weighted by Crippen LogP contribution is 2.37. The fraction of sp³-hybridized carbons (Fsp3) is 0.560. The van der Waals surface area contributed by atoms with Crippen LogP contribution in [0.4, 0.5) is 0 Å². The zero-order valence-corrected chi connectivity index (χ0v) is 20.7. The molecule has 2 aliphatic rings. The van der Waals surface area contributed by atoms with E-state index in [1.54, 1.807) is 16.8 Å². The van der Waals surface area contributed by atoms with Crippen molar-refractivity contribution < 1.29 is 19.1 Å². The Hall–Kier alpha value is -2.58. The van der Waals surface area contributed by atoms with E-state index in [9.17, 15) is 9.59 Å². The van der Waals surface area contributed by atoms with Crippen LogP contribution in [-0.4, -0.2) is 77.4 Å². The van der Waals surface area contributed by atoms with E-state index in [4.69, 9.17) is 21.1 Å². The van der Waals surface area contributed by atoms with Crippen molar-refractivity contribution in [2.45, 2.75) is 39.7 Å². The lowest BCUT2D eigenvalue weighted by atomic mass is 9.75. The molecule has 2 amide bonds. The molecule has 9 heteroatoms. The molecule has 0 atom stereocenters. The van der Waals surface area contributed by atoms with E-state index < -0.39 is 0 Å². The highest BCUT2D eigenvalue weighted by Gasteiger charge is 2.40. The second-order valence-corrected chi connectivity index (χ2v) is 9.82. The second kappa shape index (κ2) is 10.8. The Morgan fingerprint density at radius 3 is 2.41 bits per heavy atom. The number of hydrogen-bond donors (Lipinski definition) is 0.